The van der Waals surface area contributed by atoms with Crippen molar-refractivity contribution in [2.45, 2.75) is 33.2 Å². The largest absolute Gasteiger partial charge is 0.466 e. The lowest BCUT2D eigenvalue weighted by Gasteiger charge is -2.03. The topological polar surface area (TPSA) is 129 Å². The van der Waals surface area contributed by atoms with Gasteiger partial charge in [-0.1, -0.05) is 0 Å². The maximum Gasteiger partial charge on any atom is 0.319 e. The molecular formula is C14H15F2N5O5S. The highest BCUT2D eigenvalue weighted by atomic mass is 32.1. The second-order valence-electron chi connectivity index (χ2n) is 5.21. The van der Waals surface area contributed by atoms with Crippen LogP contribution in [0.1, 0.15) is 30.4 Å². The molecule has 0 aromatic carbocycles. The first kappa shape index (κ1) is 20.4. The molecule has 2 rings (SSSR count). The summed E-state index contributed by atoms with van der Waals surface area (Å²) in [6.45, 7) is 2.63. The van der Waals surface area contributed by atoms with Crippen molar-refractivity contribution in [3.63, 3.8) is 0 Å². The van der Waals surface area contributed by atoms with Crippen LogP contribution in [-0.2, 0) is 27.3 Å². The monoisotopic (exact) mass is 403 g/mol. The molecule has 27 heavy (non-hydrogen) atoms. The van der Waals surface area contributed by atoms with Crippen LogP contribution in [-0.4, -0.2) is 38.2 Å². The van der Waals surface area contributed by atoms with Crippen LogP contribution in [0.4, 0.5) is 19.6 Å². The van der Waals surface area contributed by atoms with Crippen LogP contribution in [0, 0.1) is 17.0 Å². The van der Waals surface area contributed by atoms with Gasteiger partial charge >= 0.3 is 11.7 Å². The number of carbonyl (C=O) groups excluding carboxylic acids is 2. The minimum Gasteiger partial charge on any atom is -0.466 e. The van der Waals surface area contributed by atoms with Crippen molar-refractivity contribution in [1.82, 2.24) is 14.8 Å². The van der Waals surface area contributed by atoms with Gasteiger partial charge in [-0.15, -0.1) is 11.3 Å². The number of nitrogens with one attached hydrogen (secondary N) is 1. The minimum atomic E-state index is -3.14. The number of alkyl halides is 2. The van der Waals surface area contributed by atoms with Gasteiger partial charge in [0.05, 0.1) is 23.6 Å². The van der Waals surface area contributed by atoms with E-state index in [1.165, 1.54) is 6.92 Å². The molecule has 2 aromatic rings. The quantitative estimate of drug-likeness (QED) is 0.406. The molecule has 0 radical (unpaired) electrons. The second-order valence-corrected chi connectivity index (χ2v) is 6.07. The fourth-order valence-corrected chi connectivity index (χ4v) is 2.91. The summed E-state index contributed by atoms with van der Waals surface area (Å²) in [5.74, 6) is -1.12. The second kappa shape index (κ2) is 8.62. The molecule has 1 N–H and O–H groups in total. The fraction of sp³-hybridized carbons (Fsp3) is 0.429. The molecule has 146 valence electrons. The van der Waals surface area contributed by atoms with Crippen LogP contribution in [0.15, 0.2) is 5.38 Å². The molecular weight excluding hydrogens is 388 g/mol. The third kappa shape index (κ3) is 5.03. The van der Waals surface area contributed by atoms with Gasteiger partial charge in [-0.2, -0.15) is 5.10 Å². The van der Waals surface area contributed by atoms with Crippen molar-refractivity contribution >= 4 is 34.0 Å². The van der Waals surface area contributed by atoms with Crippen LogP contribution >= 0.6 is 11.3 Å². The number of hydrogen-bond donors (Lipinski definition) is 1. The van der Waals surface area contributed by atoms with Gasteiger partial charge in [0.1, 0.15) is 12.2 Å². The first-order valence-electron chi connectivity index (χ1n) is 7.62. The molecule has 0 atom stereocenters. The number of halogens is 2. The number of aromatic nitrogens is 3. The first-order chi connectivity index (χ1) is 12.7. The van der Waals surface area contributed by atoms with E-state index in [2.05, 4.69) is 15.4 Å². The highest BCUT2D eigenvalue weighted by Gasteiger charge is 2.31. The number of hydrogen-bond acceptors (Lipinski definition) is 8. The summed E-state index contributed by atoms with van der Waals surface area (Å²) in [5, 5.41) is 18.6. The van der Waals surface area contributed by atoms with Crippen molar-refractivity contribution in [3.8, 4) is 0 Å². The molecule has 2 heterocycles. The molecule has 10 nitrogen and oxygen atoms in total. The maximum atomic E-state index is 12.9. The normalized spacial score (nSPS) is 10.9. The molecule has 0 unspecified atom stereocenters. The maximum absolute atomic E-state index is 12.9. The predicted molar refractivity (Wildman–Crippen MR) is 89.7 cm³/mol. The number of anilines is 1. The summed E-state index contributed by atoms with van der Waals surface area (Å²) >= 11 is 1.06. The summed E-state index contributed by atoms with van der Waals surface area (Å²) in [7, 11) is 0. The predicted octanol–water partition coefficient (Wildman–Crippen LogP) is 2.24. The Bertz CT molecular complexity index is 866. The molecule has 0 aliphatic carbocycles. The lowest BCUT2D eigenvalue weighted by atomic mass is 10.3. The Morgan fingerprint density at radius 2 is 2.19 bits per heavy atom. The van der Waals surface area contributed by atoms with Crippen LogP contribution in [0.2, 0.25) is 0 Å². The van der Waals surface area contributed by atoms with Gasteiger partial charge in [-0.25, -0.2) is 13.8 Å². The van der Waals surface area contributed by atoms with E-state index in [0.717, 1.165) is 16.0 Å². The minimum absolute atomic E-state index is 0.0532. The van der Waals surface area contributed by atoms with E-state index in [1.807, 2.05) is 0 Å². The van der Waals surface area contributed by atoms with Crippen molar-refractivity contribution in [2.75, 3.05) is 11.9 Å². The Morgan fingerprint density at radius 3 is 2.74 bits per heavy atom. The first-order valence-corrected chi connectivity index (χ1v) is 8.50. The Hall–Kier alpha value is -2.96. The van der Waals surface area contributed by atoms with Gasteiger partial charge in [0.15, 0.2) is 5.13 Å². The SMILES string of the molecule is CCOC(=O)Cc1csc(NC(=O)Cn2nc(C(F)F)c([N+](=O)[O-])c2C)n1. The average molecular weight is 403 g/mol. The van der Waals surface area contributed by atoms with Crippen molar-refractivity contribution < 1.29 is 28.0 Å². The number of nitrogens with zero attached hydrogens (tertiary/aromatic N) is 4. The van der Waals surface area contributed by atoms with Crippen molar-refractivity contribution in [2.24, 2.45) is 0 Å². The van der Waals surface area contributed by atoms with Gasteiger partial charge in [-0.05, 0) is 13.8 Å². The Labute approximate surface area is 155 Å². The molecule has 0 spiro atoms. The lowest BCUT2D eigenvalue weighted by Crippen LogP contribution is -2.20. The van der Waals surface area contributed by atoms with E-state index in [-0.39, 0.29) is 23.9 Å². The van der Waals surface area contributed by atoms with Gasteiger partial charge in [0.2, 0.25) is 11.6 Å². The third-order valence-electron chi connectivity index (χ3n) is 3.31. The van der Waals surface area contributed by atoms with Gasteiger partial charge in [-0.3, -0.25) is 24.4 Å². The number of rotatable bonds is 8. The summed E-state index contributed by atoms with van der Waals surface area (Å²) in [6, 6.07) is 0. The van der Waals surface area contributed by atoms with Gasteiger partial charge in [0.25, 0.3) is 6.43 Å². The van der Waals surface area contributed by atoms with Crippen LogP contribution < -0.4 is 5.32 Å². The number of esters is 1. The number of thiazole rings is 1. The zero-order valence-electron chi connectivity index (χ0n) is 14.3. The summed E-state index contributed by atoms with van der Waals surface area (Å²) in [5.41, 5.74) is -1.56. The molecule has 0 saturated heterocycles. The summed E-state index contributed by atoms with van der Waals surface area (Å²) in [4.78, 5) is 37.5. The van der Waals surface area contributed by atoms with Crippen molar-refractivity contribution in [3.05, 3.63) is 32.6 Å². The molecule has 0 saturated carbocycles. The molecule has 1 amide bonds. The fourth-order valence-electron chi connectivity index (χ4n) is 2.19. The van der Waals surface area contributed by atoms with Gasteiger partial charge < -0.3 is 10.1 Å². The number of carbonyl (C=O) groups is 2. The molecule has 2 aromatic heterocycles. The summed E-state index contributed by atoms with van der Waals surface area (Å²) in [6.07, 6.45) is -3.19. The van der Waals surface area contributed by atoms with E-state index in [0.29, 0.717) is 5.69 Å². The number of ether oxygens (including phenoxy) is 1. The average Bonchev–Trinajstić information content (AvgIpc) is 3.12. The van der Waals surface area contributed by atoms with Crippen LogP contribution in [0.3, 0.4) is 0 Å². The van der Waals surface area contributed by atoms with Crippen LogP contribution in [0.25, 0.3) is 0 Å². The summed E-state index contributed by atoms with van der Waals surface area (Å²) < 4.78 is 31.4. The number of nitro groups is 1. The standard InChI is InChI=1S/C14H15F2N5O5S/c1-3-26-10(23)4-8-6-27-14(17-8)18-9(22)5-20-7(2)12(21(24)25)11(19-20)13(15)16/h6,13H,3-5H2,1-2H3,(H,17,18,22). The zero-order valence-corrected chi connectivity index (χ0v) is 15.1. The molecule has 0 aliphatic heterocycles. The van der Waals surface area contributed by atoms with E-state index >= 15 is 0 Å². The van der Waals surface area contributed by atoms with E-state index < -0.39 is 41.2 Å². The lowest BCUT2D eigenvalue weighted by molar-refractivity contribution is -0.386. The molecule has 0 aliphatic rings. The van der Waals surface area contributed by atoms with E-state index in [1.54, 1.807) is 12.3 Å². The molecule has 0 fully saturated rings. The third-order valence-corrected chi connectivity index (χ3v) is 4.12. The smallest absolute Gasteiger partial charge is 0.319 e. The molecule has 13 heteroatoms. The van der Waals surface area contributed by atoms with E-state index in [4.69, 9.17) is 4.74 Å². The highest BCUT2D eigenvalue weighted by molar-refractivity contribution is 7.13. The van der Waals surface area contributed by atoms with E-state index in [9.17, 15) is 28.5 Å². The molecule has 0 bridgehead atoms. The van der Waals surface area contributed by atoms with Gasteiger partial charge in [0, 0.05) is 5.38 Å². The highest BCUT2D eigenvalue weighted by Crippen LogP contribution is 2.30. The Balaban J connectivity index is 2.06. The Morgan fingerprint density at radius 1 is 1.48 bits per heavy atom. The zero-order chi connectivity index (χ0) is 20.1. The Kier molecular flexibility index (Phi) is 6.50. The van der Waals surface area contributed by atoms with Crippen molar-refractivity contribution in [1.29, 1.82) is 0 Å². The van der Waals surface area contributed by atoms with Crippen LogP contribution in [0.5, 0.6) is 0 Å². The number of amides is 1.